The Balaban J connectivity index is 1.91. The van der Waals surface area contributed by atoms with Crippen molar-refractivity contribution < 1.29 is 19.0 Å². The lowest BCUT2D eigenvalue weighted by atomic mass is 10.1. The number of ether oxygens (including phenoxy) is 1. The van der Waals surface area contributed by atoms with E-state index in [1.807, 2.05) is 0 Å². The Labute approximate surface area is 111 Å². The molecule has 0 heterocycles. The minimum Gasteiger partial charge on any atom is -0.465 e. The number of rotatable bonds is 6. The van der Waals surface area contributed by atoms with Gasteiger partial charge in [0.2, 0.25) is 0 Å². The molecule has 1 fully saturated rings. The van der Waals surface area contributed by atoms with Crippen LogP contribution >= 0.6 is 0 Å². The van der Waals surface area contributed by atoms with Crippen molar-refractivity contribution in [2.75, 3.05) is 20.3 Å². The normalized spacial score (nSPS) is 16.2. The fourth-order valence-corrected chi connectivity index (χ4v) is 1.98. The predicted octanol–water partition coefficient (Wildman–Crippen LogP) is 1.47. The molecule has 1 aliphatic carbocycles. The molecule has 0 saturated heterocycles. The maximum absolute atomic E-state index is 13.7. The molecule has 2 N–H and O–H groups in total. The van der Waals surface area contributed by atoms with E-state index in [-0.39, 0.29) is 17.6 Å². The standard InChI is InChI=1S/C14H18FNO3/c1-19-13(18)11-3-2-10(6-12(11)15)7-16-8-14(9-17)4-5-14/h2-3,6,16-17H,4-5,7-9H2,1H3. The topological polar surface area (TPSA) is 58.6 Å². The molecule has 1 saturated carbocycles. The molecule has 104 valence electrons. The molecule has 2 rings (SSSR count). The maximum Gasteiger partial charge on any atom is 0.340 e. The first-order valence-corrected chi connectivity index (χ1v) is 6.28. The molecule has 0 aliphatic heterocycles. The Morgan fingerprint density at radius 3 is 2.79 bits per heavy atom. The van der Waals surface area contributed by atoms with E-state index in [0.717, 1.165) is 24.9 Å². The van der Waals surface area contributed by atoms with Crippen molar-refractivity contribution >= 4 is 5.97 Å². The first-order valence-electron chi connectivity index (χ1n) is 6.28. The van der Waals surface area contributed by atoms with Gasteiger partial charge in [0.15, 0.2) is 0 Å². The van der Waals surface area contributed by atoms with Crippen LogP contribution in [-0.4, -0.2) is 31.3 Å². The van der Waals surface area contributed by atoms with Gasteiger partial charge in [-0.15, -0.1) is 0 Å². The van der Waals surface area contributed by atoms with Crippen LogP contribution in [0.4, 0.5) is 4.39 Å². The van der Waals surface area contributed by atoms with Gasteiger partial charge >= 0.3 is 5.97 Å². The number of carbonyl (C=O) groups is 1. The van der Waals surface area contributed by atoms with Crippen molar-refractivity contribution in [1.29, 1.82) is 0 Å². The van der Waals surface area contributed by atoms with Gasteiger partial charge < -0.3 is 15.2 Å². The summed E-state index contributed by atoms with van der Waals surface area (Å²) in [6.07, 6.45) is 2.07. The monoisotopic (exact) mass is 267 g/mol. The second kappa shape index (κ2) is 5.67. The van der Waals surface area contributed by atoms with Crippen LogP contribution in [0.5, 0.6) is 0 Å². The van der Waals surface area contributed by atoms with Gasteiger partial charge in [0.1, 0.15) is 5.82 Å². The zero-order valence-electron chi connectivity index (χ0n) is 10.9. The van der Waals surface area contributed by atoms with Crippen molar-refractivity contribution in [1.82, 2.24) is 5.32 Å². The highest BCUT2D eigenvalue weighted by molar-refractivity contribution is 5.89. The second-order valence-electron chi connectivity index (χ2n) is 5.07. The summed E-state index contributed by atoms with van der Waals surface area (Å²) in [5.74, 6) is -1.25. The van der Waals surface area contributed by atoms with Gasteiger partial charge in [-0.05, 0) is 30.5 Å². The van der Waals surface area contributed by atoms with Crippen LogP contribution in [0.15, 0.2) is 18.2 Å². The van der Waals surface area contributed by atoms with Crippen LogP contribution in [-0.2, 0) is 11.3 Å². The summed E-state index contributed by atoms with van der Waals surface area (Å²) < 4.78 is 18.1. The van der Waals surface area contributed by atoms with Crippen molar-refractivity contribution in [2.24, 2.45) is 5.41 Å². The third kappa shape index (κ3) is 3.30. The molecular weight excluding hydrogens is 249 g/mol. The minimum atomic E-state index is -0.672. The number of hydrogen-bond acceptors (Lipinski definition) is 4. The fourth-order valence-electron chi connectivity index (χ4n) is 1.98. The van der Waals surface area contributed by atoms with E-state index in [0.29, 0.717) is 6.54 Å². The molecule has 4 nitrogen and oxygen atoms in total. The lowest BCUT2D eigenvalue weighted by molar-refractivity contribution is 0.0595. The van der Waals surface area contributed by atoms with Crippen LogP contribution in [0.3, 0.4) is 0 Å². The summed E-state index contributed by atoms with van der Waals surface area (Å²) in [5.41, 5.74) is 0.740. The molecular formula is C14H18FNO3. The highest BCUT2D eigenvalue weighted by Gasteiger charge is 2.41. The van der Waals surface area contributed by atoms with Crippen molar-refractivity contribution in [3.63, 3.8) is 0 Å². The van der Waals surface area contributed by atoms with E-state index in [9.17, 15) is 14.3 Å². The average Bonchev–Trinajstić information content (AvgIpc) is 3.19. The molecule has 1 aromatic rings. The summed E-state index contributed by atoms with van der Waals surface area (Å²) in [6.45, 7) is 1.43. The van der Waals surface area contributed by atoms with Gasteiger partial charge in [0.05, 0.1) is 12.7 Å². The largest absolute Gasteiger partial charge is 0.465 e. The van der Waals surface area contributed by atoms with Crippen molar-refractivity contribution in [3.05, 3.63) is 35.1 Å². The quantitative estimate of drug-likeness (QED) is 0.766. The molecule has 1 aliphatic rings. The minimum absolute atomic E-state index is 0.0322. The summed E-state index contributed by atoms with van der Waals surface area (Å²) in [7, 11) is 1.22. The Bertz CT molecular complexity index is 472. The number of carbonyl (C=O) groups excluding carboxylic acids is 1. The lowest BCUT2D eigenvalue weighted by Gasteiger charge is -2.13. The Hall–Kier alpha value is -1.46. The zero-order valence-corrected chi connectivity index (χ0v) is 10.9. The van der Waals surface area contributed by atoms with Gasteiger partial charge in [0, 0.05) is 25.1 Å². The fraction of sp³-hybridized carbons (Fsp3) is 0.500. The molecule has 0 bridgehead atoms. The number of esters is 1. The number of benzene rings is 1. The summed E-state index contributed by atoms with van der Waals surface area (Å²) in [4.78, 5) is 11.2. The third-order valence-corrected chi connectivity index (χ3v) is 3.56. The summed E-state index contributed by atoms with van der Waals surface area (Å²) in [5, 5.41) is 12.4. The molecule has 0 atom stereocenters. The number of methoxy groups -OCH3 is 1. The van der Waals surface area contributed by atoms with Gasteiger partial charge in [-0.3, -0.25) is 0 Å². The number of aliphatic hydroxyl groups is 1. The third-order valence-electron chi connectivity index (χ3n) is 3.56. The average molecular weight is 267 g/mol. The van der Waals surface area contributed by atoms with E-state index in [4.69, 9.17) is 0 Å². The van der Waals surface area contributed by atoms with Gasteiger partial charge in [-0.2, -0.15) is 0 Å². The van der Waals surface area contributed by atoms with E-state index in [2.05, 4.69) is 10.1 Å². The Morgan fingerprint density at radius 1 is 1.53 bits per heavy atom. The highest BCUT2D eigenvalue weighted by Crippen LogP contribution is 2.44. The van der Waals surface area contributed by atoms with E-state index < -0.39 is 11.8 Å². The maximum atomic E-state index is 13.7. The van der Waals surface area contributed by atoms with E-state index >= 15 is 0 Å². The van der Waals surface area contributed by atoms with Crippen LogP contribution in [0.1, 0.15) is 28.8 Å². The lowest BCUT2D eigenvalue weighted by Crippen LogP contribution is -2.26. The van der Waals surface area contributed by atoms with Crippen LogP contribution < -0.4 is 5.32 Å². The molecule has 0 radical (unpaired) electrons. The highest BCUT2D eigenvalue weighted by atomic mass is 19.1. The number of hydrogen-bond donors (Lipinski definition) is 2. The number of aliphatic hydroxyl groups excluding tert-OH is 1. The van der Waals surface area contributed by atoms with Crippen LogP contribution in [0.25, 0.3) is 0 Å². The van der Waals surface area contributed by atoms with E-state index in [1.165, 1.54) is 19.2 Å². The van der Waals surface area contributed by atoms with E-state index in [1.54, 1.807) is 6.07 Å². The summed E-state index contributed by atoms with van der Waals surface area (Å²) >= 11 is 0. The predicted molar refractivity (Wildman–Crippen MR) is 68.2 cm³/mol. The first-order chi connectivity index (χ1) is 9.10. The number of halogens is 1. The van der Waals surface area contributed by atoms with Crippen molar-refractivity contribution in [3.8, 4) is 0 Å². The first kappa shape index (κ1) is 14.0. The van der Waals surface area contributed by atoms with Gasteiger partial charge in [0.25, 0.3) is 0 Å². The summed E-state index contributed by atoms with van der Waals surface area (Å²) in [6, 6.07) is 4.45. The molecule has 5 heteroatoms. The molecule has 0 amide bonds. The molecule has 19 heavy (non-hydrogen) atoms. The van der Waals surface area contributed by atoms with Gasteiger partial charge in [-0.25, -0.2) is 9.18 Å². The van der Waals surface area contributed by atoms with Gasteiger partial charge in [-0.1, -0.05) is 6.07 Å². The van der Waals surface area contributed by atoms with Crippen molar-refractivity contribution in [2.45, 2.75) is 19.4 Å². The Kier molecular flexibility index (Phi) is 4.17. The number of nitrogens with one attached hydrogen (secondary N) is 1. The van der Waals surface area contributed by atoms with Crippen LogP contribution in [0, 0.1) is 11.2 Å². The molecule has 1 aromatic carbocycles. The SMILES string of the molecule is COC(=O)c1ccc(CNCC2(CO)CC2)cc1F. The Morgan fingerprint density at radius 2 is 2.26 bits per heavy atom. The molecule has 0 spiro atoms. The van der Waals surface area contributed by atoms with Crippen LogP contribution in [0.2, 0.25) is 0 Å². The molecule has 0 aromatic heterocycles. The zero-order chi connectivity index (χ0) is 13.9. The second-order valence-corrected chi connectivity index (χ2v) is 5.07. The smallest absolute Gasteiger partial charge is 0.340 e. The molecule has 0 unspecified atom stereocenters.